The summed E-state index contributed by atoms with van der Waals surface area (Å²) in [5.74, 6) is 6.15. The zero-order valence-corrected chi connectivity index (χ0v) is 12.0. The Balaban J connectivity index is 3.58. The van der Waals surface area contributed by atoms with E-state index in [0.717, 1.165) is 34.5 Å². The molecule has 0 fully saturated rings. The number of hydrogen-bond acceptors (Lipinski definition) is 6. The van der Waals surface area contributed by atoms with Crippen molar-refractivity contribution in [3.05, 3.63) is 0 Å². The molecule has 6 heteroatoms. The van der Waals surface area contributed by atoms with Gasteiger partial charge in [0.05, 0.1) is 19.8 Å². The van der Waals surface area contributed by atoms with E-state index >= 15 is 0 Å². The van der Waals surface area contributed by atoms with Crippen LogP contribution in [-0.2, 0) is 0 Å². The lowest BCUT2D eigenvalue weighted by Crippen LogP contribution is -2.13. The minimum atomic E-state index is 0.241. The molecule has 0 bridgehead atoms. The highest BCUT2D eigenvalue weighted by atomic mass is 32.2. The highest BCUT2D eigenvalue weighted by Gasteiger charge is 2.09. The third-order valence-electron chi connectivity index (χ3n) is 1.77. The Morgan fingerprint density at radius 1 is 0.625 bits per heavy atom. The van der Waals surface area contributed by atoms with Gasteiger partial charge in [0.25, 0.3) is 0 Å². The normalized spacial score (nSPS) is 11.2. The van der Waals surface area contributed by atoms with Gasteiger partial charge in [-0.15, -0.1) is 0 Å². The molecule has 98 valence electrons. The lowest BCUT2D eigenvalue weighted by atomic mass is 10.3. The second kappa shape index (κ2) is 14.0. The van der Waals surface area contributed by atoms with Crippen LogP contribution in [0.4, 0.5) is 0 Å². The summed E-state index contributed by atoms with van der Waals surface area (Å²) in [6.07, 6.45) is 0. The molecule has 0 aliphatic carbocycles. The largest absolute Gasteiger partial charge is 0.396 e. The van der Waals surface area contributed by atoms with E-state index in [9.17, 15) is 0 Å². The fourth-order valence-electron chi connectivity index (χ4n) is 1.09. The van der Waals surface area contributed by atoms with Crippen LogP contribution in [0.5, 0.6) is 0 Å². The SMILES string of the molecule is OCCSCC(CSCCO)CSCCO. The first-order valence-corrected chi connectivity index (χ1v) is 8.87. The molecule has 0 amide bonds. The molecular formula is C10H22O3S3. The molecule has 0 aliphatic rings. The molecule has 0 aromatic carbocycles. The van der Waals surface area contributed by atoms with Crippen LogP contribution in [-0.4, -0.2) is 69.7 Å². The molecule has 0 aromatic rings. The van der Waals surface area contributed by atoms with Gasteiger partial charge >= 0.3 is 0 Å². The Kier molecular flexibility index (Phi) is 14.8. The van der Waals surface area contributed by atoms with Crippen molar-refractivity contribution in [2.45, 2.75) is 0 Å². The van der Waals surface area contributed by atoms with Gasteiger partial charge in [-0.05, 0) is 23.2 Å². The number of rotatable bonds is 12. The van der Waals surface area contributed by atoms with Gasteiger partial charge in [-0.1, -0.05) is 0 Å². The first-order chi connectivity index (χ1) is 7.85. The Bertz CT molecular complexity index is 115. The van der Waals surface area contributed by atoms with Gasteiger partial charge in [-0.3, -0.25) is 0 Å². The van der Waals surface area contributed by atoms with E-state index in [1.165, 1.54) is 0 Å². The van der Waals surface area contributed by atoms with Crippen molar-refractivity contribution in [3.8, 4) is 0 Å². The lowest BCUT2D eigenvalue weighted by Gasteiger charge is -2.15. The average molecular weight is 286 g/mol. The predicted molar refractivity (Wildman–Crippen MR) is 76.7 cm³/mol. The van der Waals surface area contributed by atoms with Crippen LogP contribution in [0.1, 0.15) is 0 Å². The minimum absolute atomic E-state index is 0.241. The van der Waals surface area contributed by atoms with Crippen molar-refractivity contribution >= 4 is 35.3 Å². The molecule has 0 spiro atoms. The summed E-state index contributed by atoms with van der Waals surface area (Å²) in [7, 11) is 0. The first-order valence-electron chi connectivity index (χ1n) is 5.41. The number of thioether (sulfide) groups is 3. The molecule has 0 rings (SSSR count). The van der Waals surface area contributed by atoms with Crippen molar-refractivity contribution in [2.24, 2.45) is 5.92 Å². The molecule has 3 nitrogen and oxygen atoms in total. The van der Waals surface area contributed by atoms with E-state index in [4.69, 9.17) is 15.3 Å². The smallest absolute Gasteiger partial charge is 0.0521 e. The van der Waals surface area contributed by atoms with Gasteiger partial charge in [0.1, 0.15) is 0 Å². The fraction of sp³-hybridized carbons (Fsp3) is 1.00. The summed E-state index contributed by atoms with van der Waals surface area (Å²) >= 11 is 5.33. The van der Waals surface area contributed by atoms with Crippen LogP contribution in [0.15, 0.2) is 0 Å². The average Bonchev–Trinajstić information content (AvgIpc) is 2.29. The fourth-order valence-corrected chi connectivity index (χ4v) is 4.13. The van der Waals surface area contributed by atoms with Gasteiger partial charge in [0, 0.05) is 17.3 Å². The van der Waals surface area contributed by atoms with Crippen LogP contribution in [0.25, 0.3) is 0 Å². The Morgan fingerprint density at radius 3 is 1.19 bits per heavy atom. The summed E-state index contributed by atoms with van der Waals surface area (Å²) in [4.78, 5) is 0. The molecule has 0 saturated heterocycles. The second-order valence-electron chi connectivity index (χ2n) is 3.26. The van der Waals surface area contributed by atoms with E-state index in [1.807, 2.05) is 0 Å². The number of hydrogen-bond donors (Lipinski definition) is 3. The summed E-state index contributed by atoms with van der Waals surface area (Å²) in [6.45, 7) is 0.723. The number of aliphatic hydroxyl groups excluding tert-OH is 3. The monoisotopic (exact) mass is 286 g/mol. The third-order valence-corrected chi connectivity index (χ3v) is 5.30. The molecule has 0 atom stereocenters. The van der Waals surface area contributed by atoms with Crippen molar-refractivity contribution in [1.82, 2.24) is 0 Å². The van der Waals surface area contributed by atoms with Gasteiger partial charge in [-0.25, -0.2) is 0 Å². The van der Waals surface area contributed by atoms with Crippen LogP contribution in [0, 0.1) is 5.92 Å². The van der Waals surface area contributed by atoms with Crippen molar-refractivity contribution in [3.63, 3.8) is 0 Å². The molecule has 0 radical (unpaired) electrons. The number of aliphatic hydroxyl groups is 3. The molecule has 3 N–H and O–H groups in total. The molecule has 0 saturated carbocycles. The highest BCUT2D eigenvalue weighted by Crippen LogP contribution is 2.19. The maximum Gasteiger partial charge on any atom is 0.0521 e. The van der Waals surface area contributed by atoms with Crippen molar-refractivity contribution in [1.29, 1.82) is 0 Å². The molecule has 0 heterocycles. The predicted octanol–water partition coefficient (Wildman–Crippen LogP) is 0.779. The molecule has 16 heavy (non-hydrogen) atoms. The molecular weight excluding hydrogens is 264 g/mol. The maximum atomic E-state index is 8.71. The Hall–Kier alpha value is 0.930. The summed E-state index contributed by atoms with van der Waals surface area (Å²) in [6, 6.07) is 0. The molecule has 0 aromatic heterocycles. The minimum Gasteiger partial charge on any atom is -0.396 e. The lowest BCUT2D eigenvalue weighted by molar-refractivity contribution is 0.322. The van der Waals surface area contributed by atoms with Gasteiger partial charge < -0.3 is 15.3 Å². The van der Waals surface area contributed by atoms with E-state index in [2.05, 4.69) is 0 Å². The van der Waals surface area contributed by atoms with E-state index in [0.29, 0.717) is 5.92 Å². The molecule has 0 aliphatic heterocycles. The van der Waals surface area contributed by atoms with Gasteiger partial charge in [0.2, 0.25) is 0 Å². The van der Waals surface area contributed by atoms with Crippen molar-refractivity contribution < 1.29 is 15.3 Å². The van der Waals surface area contributed by atoms with E-state index in [1.54, 1.807) is 35.3 Å². The van der Waals surface area contributed by atoms with Gasteiger partial charge in [-0.2, -0.15) is 35.3 Å². The van der Waals surface area contributed by atoms with E-state index in [-0.39, 0.29) is 19.8 Å². The standard InChI is InChI=1S/C10H22O3S3/c11-1-4-14-7-10(8-15-5-2-12)9-16-6-3-13/h10-13H,1-9H2. The summed E-state index contributed by atoms with van der Waals surface area (Å²) < 4.78 is 0. The van der Waals surface area contributed by atoms with Crippen LogP contribution in [0.3, 0.4) is 0 Å². The Morgan fingerprint density at radius 2 is 0.938 bits per heavy atom. The van der Waals surface area contributed by atoms with Crippen LogP contribution >= 0.6 is 35.3 Å². The highest BCUT2D eigenvalue weighted by molar-refractivity contribution is 8.01. The van der Waals surface area contributed by atoms with E-state index < -0.39 is 0 Å². The second-order valence-corrected chi connectivity index (χ2v) is 6.71. The van der Waals surface area contributed by atoms with Gasteiger partial charge in [0.15, 0.2) is 0 Å². The summed E-state index contributed by atoms with van der Waals surface area (Å²) in [5.41, 5.74) is 0. The maximum absolute atomic E-state index is 8.71. The van der Waals surface area contributed by atoms with Crippen LogP contribution in [0.2, 0.25) is 0 Å². The summed E-state index contributed by atoms with van der Waals surface area (Å²) in [5, 5.41) is 26.1. The Labute approximate surface area is 111 Å². The quantitative estimate of drug-likeness (QED) is 0.461. The zero-order valence-electron chi connectivity index (χ0n) is 9.51. The van der Waals surface area contributed by atoms with Crippen molar-refractivity contribution in [2.75, 3.05) is 54.3 Å². The molecule has 0 unspecified atom stereocenters. The van der Waals surface area contributed by atoms with Crippen LogP contribution < -0.4 is 0 Å². The first kappa shape index (κ1) is 16.9. The third kappa shape index (κ3) is 11.4. The topological polar surface area (TPSA) is 60.7 Å². The zero-order chi connectivity index (χ0) is 12.1.